The predicted molar refractivity (Wildman–Crippen MR) is 82.2 cm³/mol. The number of para-hydroxylation sites is 1. The van der Waals surface area contributed by atoms with E-state index in [0.29, 0.717) is 24.6 Å². The van der Waals surface area contributed by atoms with Crippen molar-refractivity contribution in [3.05, 3.63) is 41.6 Å². The highest BCUT2D eigenvalue weighted by Gasteiger charge is 2.24. The second-order valence-corrected chi connectivity index (χ2v) is 5.75. The molecule has 110 valence electrons. The number of aryl methyl sites for hydroxylation is 1. The fourth-order valence-electron chi connectivity index (χ4n) is 2.91. The third-order valence-corrected chi connectivity index (χ3v) is 4.25. The number of nitrogens with zero attached hydrogens (tertiary/aromatic N) is 2. The van der Waals surface area contributed by atoms with E-state index in [2.05, 4.69) is 4.98 Å². The maximum absolute atomic E-state index is 12.7. The zero-order valence-electron chi connectivity index (χ0n) is 12.2. The lowest BCUT2D eigenvalue weighted by Crippen LogP contribution is -2.39. The van der Waals surface area contributed by atoms with Gasteiger partial charge >= 0.3 is 0 Å². The molecule has 4 nitrogen and oxygen atoms in total. The lowest BCUT2D eigenvalue weighted by atomic mass is 9.97. The highest BCUT2D eigenvalue weighted by Crippen LogP contribution is 2.22. The molecule has 1 aliphatic heterocycles. The van der Waals surface area contributed by atoms with Gasteiger partial charge in [-0.05, 0) is 37.8 Å². The third kappa shape index (κ3) is 2.76. The third-order valence-electron chi connectivity index (χ3n) is 4.25. The maximum Gasteiger partial charge on any atom is 0.256 e. The lowest BCUT2D eigenvalue weighted by Gasteiger charge is -2.31. The zero-order valence-corrected chi connectivity index (χ0v) is 12.2. The van der Waals surface area contributed by atoms with Gasteiger partial charge in [-0.3, -0.25) is 9.78 Å². The molecule has 0 unspecified atom stereocenters. The molecule has 1 amide bonds. The quantitative estimate of drug-likeness (QED) is 0.921. The first-order valence-electron chi connectivity index (χ1n) is 7.45. The van der Waals surface area contributed by atoms with Crippen molar-refractivity contribution in [2.24, 2.45) is 5.92 Å². The first kappa shape index (κ1) is 14.0. The second kappa shape index (κ2) is 5.82. The molecule has 0 aliphatic carbocycles. The number of benzene rings is 1. The van der Waals surface area contributed by atoms with Crippen LogP contribution in [0.3, 0.4) is 0 Å². The van der Waals surface area contributed by atoms with Crippen LogP contribution < -0.4 is 0 Å². The Morgan fingerprint density at radius 3 is 2.76 bits per heavy atom. The molecule has 1 aromatic carbocycles. The van der Waals surface area contributed by atoms with Crippen molar-refractivity contribution >= 4 is 16.8 Å². The monoisotopic (exact) mass is 284 g/mol. The van der Waals surface area contributed by atoms with Crippen LogP contribution in [0.25, 0.3) is 10.9 Å². The minimum Gasteiger partial charge on any atom is -0.396 e. The molecule has 0 atom stereocenters. The molecule has 2 aromatic rings. The van der Waals surface area contributed by atoms with Crippen LogP contribution in [0.15, 0.2) is 30.3 Å². The molecule has 4 heteroatoms. The SMILES string of the molecule is Cc1ccc2cccc(C(=O)N3CCC(CO)CC3)c2n1. The molecular formula is C17H20N2O2. The molecule has 0 spiro atoms. The van der Waals surface area contributed by atoms with E-state index >= 15 is 0 Å². The molecule has 1 saturated heterocycles. The molecule has 0 bridgehead atoms. The van der Waals surface area contributed by atoms with E-state index in [1.54, 1.807) is 0 Å². The van der Waals surface area contributed by atoms with Crippen molar-refractivity contribution in [2.45, 2.75) is 19.8 Å². The van der Waals surface area contributed by atoms with E-state index in [0.717, 1.165) is 29.4 Å². The predicted octanol–water partition coefficient (Wildman–Crippen LogP) is 2.39. The van der Waals surface area contributed by atoms with Gasteiger partial charge in [-0.2, -0.15) is 0 Å². The summed E-state index contributed by atoms with van der Waals surface area (Å²) in [6.07, 6.45) is 1.75. The van der Waals surface area contributed by atoms with Gasteiger partial charge in [0, 0.05) is 30.8 Å². The van der Waals surface area contributed by atoms with Crippen molar-refractivity contribution in [2.75, 3.05) is 19.7 Å². The highest BCUT2D eigenvalue weighted by atomic mass is 16.3. The van der Waals surface area contributed by atoms with Gasteiger partial charge in [-0.15, -0.1) is 0 Å². The molecule has 2 heterocycles. The minimum absolute atomic E-state index is 0.0510. The Bertz CT molecular complexity index is 661. The maximum atomic E-state index is 12.7. The number of piperidine rings is 1. The number of amides is 1. The number of carbonyl (C=O) groups excluding carboxylic acids is 1. The number of aliphatic hydroxyl groups excluding tert-OH is 1. The first-order chi connectivity index (χ1) is 10.2. The Kier molecular flexibility index (Phi) is 3.88. The Hall–Kier alpha value is -1.94. The Balaban J connectivity index is 1.90. The van der Waals surface area contributed by atoms with Crippen LogP contribution in [-0.2, 0) is 0 Å². The molecule has 21 heavy (non-hydrogen) atoms. The molecular weight excluding hydrogens is 264 g/mol. The lowest BCUT2D eigenvalue weighted by molar-refractivity contribution is 0.0652. The zero-order chi connectivity index (χ0) is 14.8. The number of aliphatic hydroxyl groups is 1. The second-order valence-electron chi connectivity index (χ2n) is 5.75. The van der Waals surface area contributed by atoms with Gasteiger partial charge in [-0.1, -0.05) is 18.2 Å². The molecule has 0 saturated carbocycles. The van der Waals surface area contributed by atoms with Crippen LogP contribution in [0, 0.1) is 12.8 Å². The van der Waals surface area contributed by atoms with E-state index in [4.69, 9.17) is 0 Å². The normalized spacial score (nSPS) is 16.4. The van der Waals surface area contributed by atoms with Gasteiger partial charge < -0.3 is 10.0 Å². The van der Waals surface area contributed by atoms with Crippen LogP contribution in [0.1, 0.15) is 28.9 Å². The van der Waals surface area contributed by atoms with Crippen LogP contribution >= 0.6 is 0 Å². The summed E-state index contributed by atoms with van der Waals surface area (Å²) < 4.78 is 0. The van der Waals surface area contributed by atoms with Gasteiger partial charge in [0.15, 0.2) is 0 Å². The van der Waals surface area contributed by atoms with Gasteiger partial charge in [0.05, 0.1) is 11.1 Å². The summed E-state index contributed by atoms with van der Waals surface area (Å²) in [6.45, 7) is 3.59. The number of pyridine rings is 1. The molecule has 1 fully saturated rings. The average Bonchev–Trinajstić information content (AvgIpc) is 2.53. The summed E-state index contributed by atoms with van der Waals surface area (Å²) >= 11 is 0. The van der Waals surface area contributed by atoms with Gasteiger partial charge in [0.25, 0.3) is 5.91 Å². The summed E-state index contributed by atoms with van der Waals surface area (Å²) in [5, 5.41) is 10.2. The van der Waals surface area contributed by atoms with Crippen molar-refractivity contribution in [1.82, 2.24) is 9.88 Å². The number of hydrogen-bond donors (Lipinski definition) is 1. The number of rotatable bonds is 2. The topological polar surface area (TPSA) is 53.4 Å². The molecule has 1 N–H and O–H groups in total. The summed E-state index contributed by atoms with van der Waals surface area (Å²) in [6, 6.07) is 9.72. The van der Waals surface area contributed by atoms with Crippen LogP contribution in [0.5, 0.6) is 0 Å². The van der Waals surface area contributed by atoms with Crippen LogP contribution in [0.4, 0.5) is 0 Å². The Morgan fingerprint density at radius 2 is 2.05 bits per heavy atom. The van der Waals surface area contributed by atoms with E-state index in [-0.39, 0.29) is 12.5 Å². The highest BCUT2D eigenvalue weighted by molar-refractivity contribution is 6.05. The molecule has 3 rings (SSSR count). The number of carbonyl (C=O) groups is 1. The minimum atomic E-state index is 0.0510. The van der Waals surface area contributed by atoms with Crippen LogP contribution in [-0.4, -0.2) is 40.6 Å². The number of aromatic nitrogens is 1. The van der Waals surface area contributed by atoms with E-state index in [9.17, 15) is 9.90 Å². The van der Waals surface area contributed by atoms with Gasteiger partial charge in [0.2, 0.25) is 0 Å². The number of hydrogen-bond acceptors (Lipinski definition) is 3. The van der Waals surface area contributed by atoms with E-state index < -0.39 is 0 Å². The van der Waals surface area contributed by atoms with Crippen LogP contribution in [0.2, 0.25) is 0 Å². The fraction of sp³-hybridized carbons (Fsp3) is 0.412. The van der Waals surface area contributed by atoms with Crippen molar-refractivity contribution in [3.63, 3.8) is 0 Å². The van der Waals surface area contributed by atoms with Gasteiger partial charge in [-0.25, -0.2) is 0 Å². The van der Waals surface area contributed by atoms with Crippen molar-refractivity contribution in [1.29, 1.82) is 0 Å². The van der Waals surface area contributed by atoms with E-state index in [1.807, 2.05) is 42.2 Å². The van der Waals surface area contributed by atoms with Crippen molar-refractivity contribution in [3.8, 4) is 0 Å². The first-order valence-corrected chi connectivity index (χ1v) is 7.45. The number of fused-ring (bicyclic) bond motifs is 1. The summed E-state index contributed by atoms with van der Waals surface area (Å²) in [4.78, 5) is 19.2. The number of likely N-dealkylation sites (tertiary alicyclic amines) is 1. The summed E-state index contributed by atoms with van der Waals surface area (Å²) in [5.74, 6) is 0.386. The van der Waals surface area contributed by atoms with Gasteiger partial charge in [0.1, 0.15) is 0 Å². The molecule has 0 radical (unpaired) electrons. The summed E-state index contributed by atoms with van der Waals surface area (Å²) in [5.41, 5.74) is 2.38. The molecule has 1 aromatic heterocycles. The summed E-state index contributed by atoms with van der Waals surface area (Å²) in [7, 11) is 0. The largest absolute Gasteiger partial charge is 0.396 e. The standard InChI is InChI=1S/C17H20N2O2/c1-12-5-6-14-3-2-4-15(16(14)18-12)17(21)19-9-7-13(11-20)8-10-19/h2-6,13,20H,7-11H2,1H3. The smallest absolute Gasteiger partial charge is 0.256 e. The Labute approximate surface area is 124 Å². The van der Waals surface area contributed by atoms with E-state index in [1.165, 1.54) is 0 Å². The fourth-order valence-corrected chi connectivity index (χ4v) is 2.91. The molecule has 1 aliphatic rings. The average molecular weight is 284 g/mol. The Morgan fingerprint density at radius 1 is 1.29 bits per heavy atom. The van der Waals surface area contributed by atoms with Crippen molar-refractivity contribution < 1.29 is 9.90 Å².